The van der Waals surface area contributed by atoms with Gasteiger partial charge < -0.3 is 9.72 Å². The summed E-state index contributed by atoms with van der Waals surface area (Å²) < 4.78 is 5.47. The maximum atomic E-state index is 12.6. The topological polar surface area (TPSA) is 72.0 Å². The Bertz CT molecular complexity index is 860. The maximum Gasteiger partial charge on any atom is 0.307 e. The average Bonchev–Trinajstić information content (AvgIpc) is 2.82. The molecule has 0 radical (unpaired) electrons. The number of aromatic amines is 1. The van der Waals surface area contributed by atoms with Gasteiger partial charge >= 0.3 is 5.97 Å². The lowest BCUT2D eigenvalue weighted by atomic mass is 9.89. The summed E-state index contributed by atoms with van der Waals surface area (Å²) in [7, 11) is 0. The molecule has 1 aliphatic rings. The molecule has 0 fully saturated rings. The van der Waals surface area contributed by atoms with E-state index in [1.165, 1.54) is 4.88 Å². The minimum atomic E-state index is -0.565. The van der Waals surface area contributed by atoms with E-state index in [0.29, 0.717) is 18.2 Å². The molecule has 0 aliphatic heterocycles. The number of carbonyl (C=O) groups is 1. The molecule has 6 heteroatoms. The summed E-state index contributed by atoms with van der Waals surface area (Å²) in [6, 6.07) is 0. The van der Waals surface area contributed by atoms with Crippen LogP contribution in [0.25, 0.3) is 10.2 Å². The van der Waals surface area contributed by atoms with Crippen molar-refractivity contribution in [2.75, 3.05) is 0 Å². The number of rotatable bonds is 3. The molecule has 2 aromatic rings. The van der Waals surface area contributed by atoms with E-state index in [9.17, 15) is 9.59 Å². The fourth-order valence-electron chi connectivity index (χ4n) is 3.29. The Balaban J connectivity index is 1.88. The second-order valence-corrected chi connectivity index (χ2v) is 9.44. The van der Waals surface area contributed by atoms with Crippen molar-refractivity contribution in [3.05, 3.63) is 26.6 Å². The number of carbonyl (C=O) groups excluding carboxylic acids is 1. The Morgan fingerprint density at radius 2 is 2.16 bits per heavy atom. The summed E-state index contributed by atoms with van der Waals surface area (Å²) in [4.78, 5) is 34.1. The zero-order valence-corrected chi connectivity index (χ0v) is 16.4. The van der Waals surface area contributed by atoms with E-state index in [0.717, 1.165) is 35.0 Å². The molecule has 0 aromatic carbocycles. The molecule has 3 rings (SSSR count). The number of nitrogens with one attached hydrogen (secondary N) is 1. The van der Waals surface area contributed by atoms with Crippen LogP contribution in [0.2, 0.25) is 0 Å². The lowest BCUT2D eigenvalue weighted by Crippen LogP contribution is -2.20. The minimum absolute atomic E-state index is 0.120. The van der Waals surface area contributed by atoms with Crippen LogP contribution in [0.15, 0.2) is 4.79 Å². The quantitative estimate of drug-likeness (QED) is 0.833. The summed E-state index contributed by atoms with van der Waals surface area (Å²) >= 11 is 1.61. The molecular weight excluding hydrogens is 336 g/mol. The zero-order valence-electron chi connectivity index (χ0n) is 15.6. The highest BCUT2D eigenvalue weighted by Gasteiger charge is 2.25. The van der Waals surface area contributed by atoms with Gasteiger partial charge in [0, 0.05) is 4.88 Å². The molecule has 0 bridgehead atoms. The van der Waals surface area contributed by atoms with Gasteiger partial charge in [-0.2, -0.15) is 0 Å². The third kappa shape index (κ3) is 3.94. The normalized spacial score (nSPS) is 18.8. The van der Waals surface area contributed by atoms with Gasteiger partial charge in [0.05, 0.1) is 11.8 Å². The Morgan fingerprint density at radius 1 is 1.44 bits per heavy atom. The van der Waals surface area contributed by atoms with Gasteiger partial charge in [-0.15, -0.1) is 11.3 Å². The molecule has 2 atom stereocenters. The number of nitrogens with zero attached hydrogens (tertiary/aromatic N) is 1. The van der Waals surface area contributed by atoms with E-state index in [1.54, 1.807) is 18.3 Å². The number of H-pyrrole nitrogens is 1. The Hall–Kier alpha value is -1.69. The Morgan fingerprint density at radius 3 is 2.84 bits per heavy atom. The second-order valence-electron chi connectivity index (χ2n) is 8.35. The first-order chi connectivity index (χ1) is 11.6. The molecular formula is C19H26N2O3S. The van der Waals surface area contributed by atoms with Crippen molar-refractivity contribution in [2.45, 2.75) is 66.4 Å². The summed E-state index contributed by atoms with van der Waals surface area (Å²) in [6.07, 6.45) is 2.83. The van der Waals surface area contributed by atoms with Crippen LogP contribution in [0, 0.1) is 11.3 Å². The highest BCUT2D eigenvalue weighted by atomic mass is 32.1. The van der Waals surface area contributed by atoms with Gasteiger partial charge in [-0.1, -0.05) is 27.7 Å². The minimum Gasteiger partial charge on any atom is -0.454 e. The van der Waals surface area contributed by atoms with Crippen molar-refractivity contribution >= 4 is 27.5 Å². The summed E-state index contributed by atoms with van der Waals surface area (Å²) in [5.41, 5.74) is 0.909. The van der Waals surface area contributed by atoms with Crippen molar-refractivity contribution < 1.29 is 9.53 Å². The van der Waals surface area contributed by atoms with Crippen molar-refractivity contribution in [2.24, 2.45) is 11.3 Å². The molecule has 0 saturated carbocycles. The van der Waals surface area contributed by atoms with E-state index >= 15 is 0 Å². The standard InChI is InChI=1S/C19H26N2O3S/c1-10-6-7-12-13(8-10)25-18-15(12)17(23)20-16(21-18)11(2)24-14(22)9-19(3,4)5/h10-11H,6-9H2,1-5H3,(H,20,21,23)/t10-,11+/m1/s1. The van der Waals surface area contributed by atoms with E-state index in [1.807, 2.05) is 20.8 Å². The van der Waals surface area contributed by atoms with Crippen LogP contribution in [0.4, 0.5) is 0 Å². The molecule has 0 saturated heterocycles. The molecule has 0 amide bonds. The van der Waals surface area contributed by atoms with Crippen LogP contribution in [0.5, 0.6) is 0 Å². The highest BCUT2D eigenvalue weighted by Crippen LogP contribution is 2.36. The van der Waals surface area contributed by atoms with Crippen LogP contribution >= 0.6 is 11.3 Å². The van der Waals surface area contributed by atoms with E-state index in [2.05, 4.69) is 16.9 Å². The van der Waals surface area contributed by atoms with Crippen LogP contribution in [0.3, 0.4) is 0 Å². The first-order valence-electron chi connectivity index (χ1n) is 8.88. The predicted molar refractivity (Wildman–Crippen MR) is 100 cm³/mol. The van der Waals surface area contributed by atoms with Crippen molar-refractivity contribution in [3.8, 4) is 0 Å². The van der Waals surface area contributed by atoms with E-state index in [-0.39, 0.29) is 16.9 Å². The largest absolute Gasteiger partial charge is 0.454 e. The number of aromatic nitrogens is 2. The van der Waals surface area contributed by atoms with Crippen molar-refractivity contribution in [1.29, 1.82) is 0 Å². The molecule has 1 N–H and O–H groups in total. The number of aryl methyl sites for hydroxylation is 1. The van der Waals surface area contributed by atoms with Gasteiger partial charge in [0.25, 0.3) is 5.56 Å². The first kappa shape index (κ1) is 18.1. The van der Waals surface area contributed by atoms with Crippen LogP contribution in [-0.4, -0.2) is 15.9 Å². The third-order valence-electron chi connectivity index (χ3n) is 4.55. The van der Waals surface area contributed by atoms with Gasteiger partial charge in [-0.25, -0.2) is 4.98 Å². The smallest absolute Gasteiger partial charge is 0.307 e. The number of hydrogen-bond donors (Lipinski definition) is 1. The fraction of sp³-hybridized carbons (Fsp3) is 0.632. The molecule has 25 heavy (non-hydrogen) atoms. The molecule has 0 spiro atoms. The molecule has 136 valence electrons. The molecule has 1 aliphatic carbocycles. The molecule has 5 nitrogen and oxygen atoms in total. The van der Waals surface area contributed by atoms with Crippen LogP contribution in [0.1, 0.15) is 69.8 Å². The fourth-order valence-corrected chi connectivity index (χ4v) is 4.68. The van der Waals surface area contributed by atoms with Gasteiger partial charge in [0.15, 0.2) is 11.9 Å². The lowest BCUT2D eigenvalue weighted by Gasteiger charge is -2.19. The third-order valence-corrected chi connectivity index (χ3v) is 5.70. The van der Waals surface area contributed by atoms with Gasteiger partial charge in [0.1, 0.15) is 4.83 Å². The number of hydrogen-bond acceptors (Lipinski definition) is 5. The number of esters is 1. The molecule has 2 aromatic heterocycles. The maximum absolute atomic E-state index is 12.6. The Labute approximate surface area is 151 Å². The summed E-state index contributed by atoms with van der Waals surface area (Å²) in [5.74, 6) is 0.796. The van der Waals surface area contributed by atoms with Gasteiger partial charge in [-0.3, -0.25) is 9.59 Å². The molecule has 2 heterocycles. The zero-order chi connectivity index (χ0) is 18.4. The van der Waals surface area contributed by atoms with E-state index in [4.69, 9.17) is 4.74 Å². The predicted octanol–water partition coefficient (Wildman–Crippen LogP) is 4.15. The monoisotopic (exact) mass is 362 g/mol. The van der Waals surface area contributed by atoms with Gasteiger partial charge in [-0.05, 0) is 43.1 Å². The van der Waals surface area contributed by atoms with Gasteiger partial charge in [0.2, 0.25) is 0 Å². The Kier molecular flexibility index (Phi) is 4.75. The summed E-state index contributed by atoms with van der Waals surface area (Å²) in [5, 5.41) is 0.726. The first-order valence-corrected chi connectivity index (χ1v) is 9.69. The second kappa shape index (κ2) is 6.56. The highest BCUT2D eigenvalue weighted by molar-refractivity contribution is 7.18. The van der Waals surface area contributed by atoms with Crippen molar-refractivity contribution in [3.63, 3.8) is 0 Å². The van der Waals surface area contributed by atoms with Crippen molar-refractivity contribution in [1.82, 2.24) is 9.97 Å². The van der Waals surface area contributed by atoms with Crippen LogP contribution < -0.4 is 5.56 Å². The summed E-state index contributed by atoms with van der Waals surface area (Å²) in [6.45, 7) is 9.96. The van der Waals surface area contributed by atoms with Crippen LogP contribution in [-0.2, 0) is 22.4 Å². The lowest BCUT2D eigenvalue weighted by molar-refractivity contribution is -0.151. The number of ether oxygens (including phenoxy) is 1. The average molecular weight is 362 g/mol. The molecule has 0 unspecified atom stereocenters. The van der Waals surface area contributed by atoms with E-state index < -0.39 is 6.10 Å². The number of fused-ring (bicyclic) bond motifs is 3. The number of thiophene rings is 1. The SMILES string of the molecule is C[C@@H]1CCc2c(sc3nc([C@H](C)OC(=O)CC(C)(C)C)[nH]c(=O)c23)C1.